The number of phenolic OH excluding ortho intramolecular Hbond substituents is 2. The van der Waals surface area contributed by atoms with Gasteiger partial charge in [-0.05, 0) is 56.3 Å². The minimum absolute atomic E-state index is 0.168. The van der Waals surface area contributed by atoms with Gasteiger partial charge in [0.15, 0.2) is 0 Å². The van der Waals surface area contributed by atoms with Crippen molar-refractivity contribution in [2.24, 2.45) is 11.7 Å². The molecule has 228 valence electrons. The van der Waals surface area contributed by atoms with E-state index in [0.717, 1.165) is 12.1 Å². The number of carbonyl (C=O) groups is 5. The second-order valence-corrected chi connectivity index (χ2v) is 11.0. The molecule has 2 rings (SSSR count). The SMILES string of the molecule is CC[C@H](NC(=O)[C@@H](NC(=O)[C@@H]1CSCN1C(=O)[C@H](CCCCN)NC(=O)c1cc(O)ccc1O)[C@@H](C)CC)C(=O)O. The van der Waals surface area contributed by atoms with Crippen molar-refractivity contribution in [3.8, 4) is 11.5 Å². The van der Waals surface area contributed by atoms with Gasteiger partial charge < -0.3 is 41.9 Å². The first-order valence-corrected chi connectivity index (χ1v) is 14.8. The molecule has 1 heterocycles. The second-order valence-electron chi connectivity index (χ2n) is 10.0. The average molecular weight is 596 g/mol. The number of carbonyl (C=O) groups excluding carboxylic acids is 4. The standard InChI is InChI=1S/C27H41N5O8S/c1-4-15(3)22(25(37)29-18(5-2)27(39)40)31-24(36)20-13-41-14-32(20)26(38)19(8-6-7-11-28)30-23(35)17-12-16(33)9-10-21(17)34/h9-10,12,15,18-20,22,33-34H,4-8,11,13-14,28H2,1-3H3,(H,29,37)(H,30,35)(H,31,36)(H,39,40)/t15-,18-,19-,20-,22-/m0/s1. The number of rotatable bonds is 15. The number of hydrogen-bond acceptors (Lipinski definition) is 9. The van der Waals surface area contributed by atoms with Crippen molar-refractivity contribution in [2.45, 2.75) is 77.0 Å². The van der Waals surface area contributed by atoms with Crippen molar-refractivity contribution in [1.82, 2.24) is 20.9 Å². The number of phenols is 2. The summed E-state index contributed by atoms with van der Waals surface area (Å²) >= 11 is 1.34. The lowest BCUT2D eigenvalue weighted by atomic mass is 9.97. The quantitative estimate of drug-likeness (QED) is 0.112. The van der Waals surface area contributed by atoms with Gasteiger partial charge in [-0.25, -0.2) is 4.79 Å². The largest absolute Gasteiger partial charge is 0.508 e. The zero-order valence-electron chi connectivity index (χ0n) is 23.6. The molecule has 0 aliphatic carbocycles. The molecule has 1 aromatic rings. The molecule has 14 heteroatoms. The van der Waals surface area contributed by atoms with Crippen LogP contribution in [0.4, 0.5) is 0 Å². The molecule has 0 saturated carbocycles. The molecule has 13 nitrogen and oxygen atoms in total. The van der Waals surface area contributed by atoms with E-state index in [4.69, 9.17) is 5.73 Å². The van der Waals surface area contributed by atoms with Crippen molar-refractivity contribution in [3.05, 3.63) is 23.8 Å². The Labute approximate surface area is 243 Å². The van der Waals surface area contributed by atoms with E-state index >= 15 is 0 Å². The molecular weight excluding hydrogens is 554 g/mol. The minimum Gasteiger partial charge on any atom is -0.508 e. The van der Waals surface area contributed by atoms with Crippen LogP contribution in [-0.2, 0) is 19.2 Å². The summed E-state index contributed by atoms with van der Waals surface area (Å²) in [6.45, 7) is 5.61. The summed E-state index contributed by atoms with van der Waals surface area (Å²) in [6, 6.07) is -0.627. The molecular formula is C27H41N5O8S. The van der Waals surface area contributed by atoms with Gasteiger partial charge in [-0.3, -0.25) is 19.2 Å². The number of aliphatic carboxylic acids is 1. The number of aromatic hydroxyl groups is 2. The predicted molar refractivity (Wildman–Crippen MR) is 153 cm³/mol. The number of carboxylic acid groups (broad SMARTS) is 1. The maximum atomic E-state index is 13.7. The Morgan fingerprint density at radius 3 is 2.37 bits per heavy atom. The molecule has 1 fully saturated rings. The van der Waals surface area contributed by atoms with E-state index in [0.29, 0.717) is 25.8 Å². The third-order valence-electron chi connectivity index (χ3n) is 7.06. The summed E-state index contributed by atoms with van der Waals surface area (Å²) in [6.07, 6.45) is 2.02. The zero-order valence-corrected chi connectivity index (χ0v) is 24.4. The van der Waals surface area contributed by atoms with Crippen LogP contribution in [0.5, 0.6) is 11.5 Å². The summed E-state index contributed by atoms with van der Waals surface area (Å²) in [5.41, 5.74) is 5.39. The van der Waals surface area contributed by atoms with Crippen molar-refractivity contribution in [1.29, 1.82) is 0 Å². The van der Waals surface area contributed by atoms with Gasteiger partial charge in [0.1, 0.15) is 35.7 Å². The maximum Gasteiger partial charge on any atom is 0.326 e. The lowest BCUT2D eigenvalue weighted by Crippen LogP contribution is -2.59. The highest BCUT2D eigenvalue weighted by atomic mass is 32.2. The molecule has 1 aromatic carbocycles. The number of amides is 4. The number of nitrogens with two attached hydrogens (primary N) is 1. The minimum atomic E-state index is -1.18. The normalized spacial score (nSPS) is 17.7. The van der Waals surface area contributed by atoms with Gasteiger partial charge in [0, 0.05) is 5.75 Å². The van der Waals surface area contributed by atoms with E-state index in [2.05, 4.69) is 16.0 Å². The molecule has 0 spiro atoms. The Kier molecular flexibility index (Phi) is 13.2. The Bertz CT molecular complexity index is 1100. The number of unbranched alkanes of at least 4 members (excludes halogenated alkanes) is 1. The van der Waals surface area contributed by atoms with Gasteiger partial charge in [0.2, 0.25) is 17.7 Å². The van der Waals surface area contributed by atoms with E-state index < -0.39 is 53.8 Å². The van der Waals surface area contributed by atoms with Gasteiger partial charge in [-0.15, -0.1) is 11.8 Å². The van der Waals surface area contributed by atoms with Gasteiger partial charge in [0.05, 0.1) is 11.4 Å². The van der Waals surface area contributed by atoms with Crippen LogP contribution in [0.1, 0.15) is 63.2 Å². The Balaban J connectivity index is 2.23. The van der Waals surface area contributed by atoms with E-state index in [1.54, 1.807) is 13.8 Å². The number of nitrogens with zero attached hydrogens (tertiary/aromatic N) is 1. The molecule has 1 aliphatic rings. The summed E-state index contributed by atoms with van der Waals surface area (Å²) in [4.78, 5) is 65.8. The van der Waals surface area contributed by atoms with E-state index in [1.807, 2.05) is 6.92 Å². The third kappa shape index (κ3) is 9.25. The average Bonchev–Trinajstić information content (AvgIpc) is 3.44. The number of benzene rings is 1. The molecule has 0 bridgehead atoms. The first-order valence-electron chi connectivity index (χ1n) is 13.7. The highest BCUT2D eigenvalue weighted by molar-refractivity contribution is 7.99. The zero-order chi connectivity index (χ0) is 30.7. The van der Waals surface area contributed by atoms with Gasteiger partial charge in [-0.2, -0.15) is 0 Å². The molecule has 4 amide bonds. The smallest absolute Gasteiger partial charge is 0.326 e. The molecule has 0 radical (unpaired) electrons. The molecule has 0 aromatic heterocycles. The van der Waals surface area contributed by atoms with Crippen molar-refractivity contribution in [3.63, 3.8) is 0 Å². The molecule has 1 saturated heterocycles. The van der Waals surface area contributed by atoms with Crippen molar-refractivity contribution < 1.29 is 39.3 Å². The summed E-state index contributed by atoms with van der Waals surface area (Å²) in [5, 5.41) is 37.0. The summed E-state index contributed by atoms with van der Waals surface area (Å²) in [7, 11) is 0. The molecule has 41 heavy (non-hydrogen) atoms. The highest BCUT2D eigenvalue weighted by Gasteiger charge is 2.40. The monoisotopic (exact) mass is 595 g/mol. The first kappa shape index (κ1) is 33.7. The highest BCUT2D eigenvalue weighted by Crippen LogP contribution is 2.25. The summed E-state index contributed by atoms with van der Waals surface area (Å²) in [5.74, 6) is -4.14. The van der Waals surface area contributed by atoms with Crippen LogP contribution in [0, 0.1) is 5.92 Å². The maximum absolute atomic E-state index is 13.7. The van der Waals surface area contributed by atoms with Crippen molar-refractivity contribution >= 4 is 41.4 Å². The number of thioether (sulfide) groups is 1. The van der Waals surface area contributed by atoms with Crippen LogP contribution in [0.2, 0.25) is 0 Å². The predicted octanol–water partition coefficient (Wildman–Crippen LogP) is 0.737. The number of nitrogens with one attached hydrogen (secondary N) is 3. The van der Waals surface area contributed by atoms with E-state index in [1.165, 1.54) is 22.7 Å². The van der Waals surface area contributed by atoms with Crippen LogP contribution in [-0.4, -0.2) is 92.2 Å². The third-order valence-corrected chi connectivity index (χ3v) is 8.07. The Morgan fingerprint density at radius 1 is 1.05 bits per heavy atom. The van der Waals surface area contributed by atoms with Gasteiger partial charge >= 0.3 is 5.97 Å². The molecule has 5 atom stereocenters. The van der Waals surface area contributed by atoms with Gasteiger partial charge in [0.25, 0.3) is 5.91 Å². The van der Waals surface area contributed by atoms with Crippen molar-refractivity contribution in [2.75, 3.05) is 18.2 Å². The topological polar surface area (TPSA) is 211 Å². The molecule has 1 aliphatic heterocycles. The summed E-state index contributed by atoms with van der Waals surface area (Å²) < 4.78 is 0. The number of hydrogen-bond donors (Lipinski definition) is 7. The fourth-order valence-electron chi connectivity index (χ4n) is 4.32. The van der Waals surface area contributed by atoms with Crippen LogP contribution in [0.15, 0.2) is 18.2 Å². The lowest BCUT2D eigenvalue weighted by Gasteiger charge is -2.30. The fraction of sp³-hybridized carbons (Fsp3) is 0.593. The van der Waals surface area contributed by atoms with Crippen LogP contribution in [0.25, 0.3) is 0 Å². The Hall–Kier alpha value is -3.52. The van der Waals surface area contributed by atoms with Gasteiger partial charge in [-0.1, -0.05) is 27.2 Å². The van der Waals surface area contributed by atoms with E-state index in [9.17, 15) is 39.3 Å². The second kappa shape index (κ2) is 16.1. The van der Waals surface area contributed by atoms with Crippen LogP contribution in [0.3, 0.4) is 0 Å². The van der Waals surface area contributed by atoms with Crippen LogP contribution < -0.4 is 21.7 Å². The van der Waals surface area contributed by atoms with E-state index in [-0.39, 0.29) is 47.5 Å². The lowest BCUT2D eigenvalue weighted by molar-refractivity contribution is -0.143. The van der Waals surface area contributed by atoms with Crippen LogP contribution >= 0.6 is 11.8 Å². The Morgan fingerprint density at radius 2 is 1.76 bits per heavy atom. The molecule has 8 N–H and O–H groups in total. The number of carboxylic acids is 1. The molecule has 0 unspecified atom stereocenters. The first-order chi connectivity index (χ1) is 19.4. The fourth-order valence-corrected chi connectivity index (χ4v) is 5.48.